The van der Waals surface area contributed by atoms with E-state index in [1.807, 2.05) is 25.1 Å². The minimum absolute atomic E-state index is 0.334. The van der Waals surface area contributed by atoms with Crippen molar-refractivity contribution in [2.24, 2.45) is 5.92 Å². The molecule has 1 atom stereocenters. The zero-order valence-corrected chi connectivity index (χ0v) is 10.5. The molecule has 0 spiro atoms. The highest BCUT2D eigenvalue weighted by Crippen LogP contribution is 2.36. The fraction of sp³-hybridized carbons (Fsp3) is 0.571. The Bertz CT molecular complexity index is 356. The van der Waals surface area contributed by atoms with Gasteiger partial charge in [-0.15, -0.1) is 0 Å². The molecule has 1 aromatic carbocycles. The van der Waals surface area contributed by atoms with Crippen LogP contribution in [-0.4, -0.2) is 5.11 Å². The molecule has 0 saturated heterocycles. The Morgan fingerprint density at radius 2 is 1.94 bits per heavy atom. The first-order valence-electron chi connectivity index (χ1n) is 6.12. The molecule has 2 heteroatoms. The normalized spacial score (nSPS) is 19.7. The zero-order chi connectivity index (χ0) is 11.5. The predicted octanol–water partition coefficient (Wildman–Crippen LogP) is 4.26. The Morgan fingerprint density at radius 3 is 2.62 bits per heavy atom. The average molecular weight is 239 g/mol. The molecule has 0 heterocycles. The van der Waals surface area contributed by atoms with Crippen LogP contribution >= 0.6 is 11.6 Å². The van der Waals surface area contributed by atoms with Gasteiger partial charge in [-0.1, -0.05) is 36.9 Å². The summed E-state index contributed by atoms with van der Waals surface area (Å²) >= 11 is 5.99. The van der Waals surface area contributed by atoms with Crippen molar-refractivity contribution in [1.82, 2.24) is 0 Å². The summed E-state index contributed by atoms with van der Waals surface area (Å²) in [6.07, 6.45) is 5.78. The van der Waals surface area contributed by atoms with Gasteiger partial charge in [-0.05, 0) is 48.9 Å². The monoisotopic (exact) mass is 238 g/mol. The van der Waals surface area contributed by atoms with Gasteiger partial charge in [0.25, 0.3) is 0 Å². The van der Waals surface area contributed by atoms with Gasteiger partial charge in [0.2, 0.25) is 0 Å². The summed E-state index contributed by atoms with van der Waals surface area (Å²) in [7, 11) is 0. The number of benzene rings is 1. The van der Waals surface area contributed by atoms with Crippen molar-refractivity contribution >= 4 is 11.6 Å². The Labute approximate surface area is 102 Å². The van der Waals surface area contributed by atoms with E-state index in [0.29, 0.717) is 5.92 Å². The predicted molar refractivity (Wildman–Crippen MR) is 67.7 cm³/mol. The van der Waals surface area contributed by atoms with Crippen LogP contribution in [0.1, 0.15) is 49.3 Å². The minimum atomic E-state index is -0.334. The van der Waals surface area contributed by atoms with E-state index in [-0.39, 0.29) is 6.10 Å². The van der Waals surface area contributed by atoms with E-state index < -0.39 is 0 Å². The van der Waals surface area contributed by atoms with Crippen molar-refractivity contribution in [3.05, 3.63) is 34.3 Å². The number of rotatable bonds is 2. The zero-order valence-electron chi connectivity index (χ0n) is 9.75. The van der Waals surface area contributed by atoms with E-state index in [1.54, 1.807) is 0 Å². The SMILES string of the molecule is Cc1ccc(Cl)cc1C(O)C1CCCCC1. The van der Waals surface area contributed by atoms with E-state index >= 15 is 0 Å². The Balaban J connectivity index is 2.18. The van der Waals surface area contributed by atoms with Gasteiger partial charge in [-0.2, -0.15) is 0 Å². The van der Waals surface area contributed by atoms with E-state index in [2.05, 4.69) is 0 Å². The van der Waals surface area contributed by atoms with Crippen molar-refractivity contribution in [3.63, 3.8) is 0 Å². The maximum atomic E-state index is 10.4. The van der Waals surface area contributed by atoms with Gasteiger partial charge < -0.3 is 5.11 Å². The van der Waals surface area contributed by atoms with E-state index in [4.69, 9.17) is 11.6 Å². The summed E-state index contributed by atoms with van der Waals surface area (Å²) in [6, 6.07) is 5.79. The number of hydrogen-bond acceptors (Lipinski definition) is 1. The highest BCUT2D eigenvalue weighted by Gasteiger charge is 2.24. The molecule has 1 aliphatic carbocycles. The van der Waals surface area contributed by atoms with Crippen LogP contribution < -0.4 is 0 Å². The molecule has 0 bridgehead atoms. The van der Waals surface area contributed by atoms with Gasteiger partial charge in [-0.3, -0.25) is 0 Å². The second-order valence-electron chi connectivity index (χ2n) is 4.84. The second-order valence-corrected chi connectivity index (χ2v) is 5.28. The molecular formula is C14H19ClO. The smallest absolute Gasteiger partial charge is 0.0821 e. The van der Waals surface area contributed by atoms with Gasteiger partial charge in [0.15, 0.2) is 0 Å². The number of aliphatic hydroxyl groups is 1. The molecule has 0 radical (unpaired) electrons. The van der Waals surface area contributed by atoms with Gasteiger partial charge in [0.1, 0.15) is 0 Å². The maximum absolute atomic E-state index is 10.4. The van der Waals surface area contributed by atoms with Crippen molar-refractivity contribution in [2.75, 3.05) is 0 Å². The molecule has 1 fully saturated rings. The molecule has 0 aliphatic heterocycles. The highest BCUT2D eigenvalue weighted by atomic mass is 35.5. The topological polar surface area (TPSA) is 20.2 Å². The standard InChI is InChI=1S/C14H19ClO/c1-10-7-8-12(15)9-13(10)14(16)11-5-3-2-4-6-11/h7-9,11,14,16H,2-6H2,1H3. The quantitative estimate of drug-likeness (QED) is 0.816. The van der Waals surface area contributed by atoms with E-state index in [0.717, 1.165) is 29.0 Å². The maximum Gasteiger partial charge on any atom is 0.0821 e. The van der Waals surface area contributed by atoms with Crippen LogP contribution in [0.4, 0.5) is 0 Å². The lowest BCUT2D eigenvalue weighted by Gasteiger charge is -2.27. The number of hydrogen-bond donors (Lipinski definition) is 1. The van der Waals surface area contributed by atoms with Crippen LogP contribution in [0.15, 0.2) is 18.2 Å². The minimum Gasteiger partial charge on any atom is -0.388 e. The Morgan fingerprint density at radius 1 is 1.25 bits per heavy atom. The third-order valence-electron chi connectivity index (χ3n) is 3.66. The first-order valence-corrected chi connectivity index (χ1v) is 6.50. The first kappa shape index (κ1) is 11.9. The molecule has 1 unspecified atom stereocenters. The van der Waals surface area contributed by atoms with Gasteiger partial charge in [-0.25, -0.2) is 0 Å². The lowest BCUT2D eigenvalue weighted by atomic mass is 9.82. The second kappa shape index (κ2) is 5.20. The van der Waals surface area contributed by atoms with E-state index in [1.165, 1.54) is 19.3 Å². The summed E-state index contributed by atoms with van der Waals surface area (Å²) < 4.78 is 0. The first-order chi connectivity index (χ1) is 7.68. The lowest BCUT2D eigenvalue weighted by Crippen LogP contribution is -2.16. The molecule has 1 nitrogen and oxygen atoms in total. The molecule has 1 N–H and O–H groups in total. The summed E-state index contributed by atoms with van der Waals surface area (Å²) in [5, 5.41) is 11.1. The molecule has 0 aromatic heterocycles. The summed E-state index contributed by atoms with van der Waals surface area (Å²) in [5.74, 6) is 0.422. The Hall–Kier alpha value is -0.530. The molecule has 88 valence electrons. The third-order valence-corrected chi connectivity index (χ3v) is 3.89. The van der Waals surface area contributed by atoms with Crippen LogP contribution in [0.2, 0.25) is 5.02 Å². The van der Waals surface area contributed by atoms with Gasteiger partial charge in [0, 0.05) is 5.02 Å². The molecule has 16 heavy (non-hydrogen) atoms. The Kier molecular flexibility index (Phi) is 3.88. The molecule has 1 aromatic rings. The van der Waals surface area contributed by atoms with Crippen molar-refractivity contribution in [2.45, 2.75) is 45.1 Å². The van der Waals surface area contributed by atoms with Crippen LogP contribution in [0, 0.1) is 12.8 Å². The summed E-state index contributed by atoms with van der Waals surface area (Å²) in [4.78, 5) is 0. The fourth-order valence-corrected chi connectivity index (χ4v) is 2.81. The molecule has 1 saturated carbocycles. The van der Waals surface area contributed by atoms with Crippen LogP contribution in [0.5, 0.6) is 0 Å². The molecule has 2 rings (SSSR count). The van der Waals surface area contributed by atoms with E-state index in [9.17, 15) is 5.11 Å². The van der Waals surface area contributed by atoms with Crippen molar-refractivity contribution in [1.29, 1.82) is 0 Å². The van der Waals surface area contributed by atoms with Gasteiger partial charge in [0.05, 0.1) is 6.10 Å². The number of aryl methyl sites for hydroxylation is 1. The van der Waals surface area contributed by atoms with Crippen molar-refractivity contribution in [3.8, 4) is 0 Å². The fourth-order valence-electron chi connectivity index (χ4n) is 2.63. The average Bonchev–Trinajstić information content (AvgIpc) is 2.32. The third kappa shape index (κ3) is 2.58. The molecule has 0 amide bonds. The highest BCUT2D eigenvalue weighted by molar-refractivity contribution is 6.30. The molecule has 1 aliphatic rings. The number of aliphatic hydroxyl groups excluding tert-OH is 1. The van der Waals surface area contributed by atoms with Crippen LogP contribution in [0.25, 0.3) is 0 Å². The van der Waals surface area contributed by atoms with Gasteiger partial charge >= 0.3 is 0 Å². The molecular weight excluding hydrogens is 220 g/mol. The lowest BCUT2D eigenvalue weighted by molar-refractivity contribution is 0.0843. The van der Waals surface area contributed by atoms with Crippen molar-refractivity contribution < 1.29 is 5.11 Å². The van der Waals surface area contributed by atoms with Crippen LogP contribution in [0.3, 0.4) is 0 Å². The van der Waals surface area contributed by atoms with Crippen LogP contribution in [-0.2, 0) is 0 Å². The summed E-state index contributed by atoms with van der Waals surface area (Å²) in [6.45, 7) is 2.04. The largest absolute Gasteiger partial charge is 0.388 e. The number of halogens is 1. The summed E-state index contributed by atoms with van der Waals surface area (Å²) in [5.41, 5.74) is 2.15.